The highest BCUT2D eigenvalue weighted by molar-refractivity contribution is 5.87. The van der Waals surface area contributed by atoms with Gasteiger partial charge in [-0.15, -0.1) is 0 Å². The largest absolute Gasteiger partial charge is 0.478 e. The first-order valence-electron chi connectivity index (χ1n) is 7.55. The molecule has 2 aromatic rings. The van der Waals surface area contributed by atoms with Gasteiger partial charge < -0.3 is 5.11 Å². The normalized spacial score (nSPS) is 12.3. The molecule has 1 N–H and O–H groups in total. The number of carboxylic acid groups (broad SMARTS) is 1. The molecule has 0 aliphatic carbocycles. The summed E-state index contributed by atoms with van der Waals surface area (Å²) in [6, 6.07) is 11.6. The maximum atomic E-state index is 10.9. The molecule has 0 bridgehead atoms. The number of hydrogen-bond donors (Lipinski definition) is 1. The van der Waals surface area contributed by atoms with Gasteiger partial charge in [-0.1, -0.05) is 25.1 Å². The fourth-order valence-electron chi connectivity index (χ4n) is 2.34. The van der Waals surface area contributed by atoms with Gasteiger partial charge in [-0.3, -0.25) is 9.88 Å². The van der Waals surface area contributed by atoms with Gasteiger partial charge in [0.2, 0.25) is 0 Å². The first-order valence-corrected chi connectivity index (χ1v) is 7.55. The first-order chi connectivity index (χ1) is 10.6. The van der Waals surface area contributed by atoms with Crippen molar-refractivity contribution in [3.63, 3.8) is 0 Å². The van der Waals surface area contributed by atoms with E-state index in [0.29, 0.717) is 11.6 Å². The summed E-state index contributed by atoms with van der Waals surface area (Å²) in [6.07, 6.45) is 4.73. The molecule has 4 heteroatoms. The molecule has 1 atom stereocenters. The second kappa shape index (κ2) is 7.71. The molecule has 1 aromatic carbocycles. The molecule has 1 heterocycles. The van der Waals surface area contributed by atoms with Crippen molar-refractivity contribution in [1.29, 1.82) is 0 Å². The lowest BCUT2D eigenvalue weighted by Gasteiger charge is -2.28. The molecule has 0 radical (unpaired) electrons. The quantitative estimate of drug-likeness (QED) is 0.849. The van der Waals surface area contributed by atoms with Crippen LogP contribution >= 0.6 is 0 Å². The second-order valence-corrected chi connectivity index (χ2v) is 5.53. The van der Waals surface area contributed by atoms with E-state index in [1.807, 2.05) is 24.4 Å². The Balaban J connectivity index is 2.11. The molecule has 0 aliphatic rings. The standard InChI is InChI=1S/C18H22N2O2/c1-3-14(2)20(13-16-5-4-10-19-11-16)12-15-6-8-17(9-7-15)18(21)22/h4-11,14H,3,12-13H2,1-2H3,(H,21,22). The van der Waals surface area contributed by atoms with Crippen molar-refractivity contribution in [2.45, 2.75) is 39.4 Å². The number of pyridine rings is 1. The summed E-state index contributed by atoms with van der Waals surface area (Å²) in [6.45, 7) is 6.02. The Morgan fingerprint density at radius 2 is 1.86 bits per heavy atom. The van der Waals surface area contributed by atoms with Gasteiger partial charge >= 0.3 is 5.97 Å². The van der Waals surface area contributed by atoms with Crippen LogP contribution in [0.4, 0.5) is 0 Å². The molecule has 0 aliphatic heterocycles. The van der Waals surface area contributed by atoms with Crippen molar-refractivity contribution >= 4 is 5.97 Å². The van der Waals surface area contributed by atoms with E-state index in [0.717, 1.165) is 25.1 Å². The smallest absolute Gasteiger partial charge is 0.335 e. The lowest BCUT2D eigenvalue weighted by atomic mass is 10.1. The molecule has 2 rings (SSSR count). The van der Waals surface area contributed by atoms with Crippen LogP contribution in [0.5, 0.6) is 0 Å². The summed E-state index contributed by atoms with van der Waals surface area (Å²) in [4.78, 5) is 17.5. The summed E-state index contributed by atoms with van der Waals surface area (Å²) in [5, 5.41) is 8.96. The Morgan fingerprint density at radius 1 is 1.18 bits per heavy atom. The Kier molecular flexibility index (Phi) is 5.67. The van der Waals surface area contributed by atoms with Crippen LogP contribution in [0.1, 0.15) is 41.8 Å². The lowest BCUT2D eigenvalue weighted by molar-refractivity contribution is 0.0697. The number of aromatic carboxylic acids is 1. The van der Waals surface area contributed by atoms with Crippen molar-refractivity contribution < 1.29 is 9.90 Å². The van der Waals surface area contributed by atoms with E-state index in [2.05, 4.69) is 29.8 Å². The fourth-order valence-corrected chi connectivity index (χ4v) is 2.34. The monoisotopic (exact) mass is 298 g/mol. The number of benzene rings is 1. The van der Waals surface area contributed by atoms with Crippen molar-refractivity contribution in [3.8, 4) is 0 Å². The van der Waals surface area contributed by atoms with Crippen LogP contribution in [0.3, 0.4) is 0 Å². The number of aromatic nitrogens is 1. The highest BCUT2D eigenvalue weighted by atomic mass is 16.4. The number of carboxylic acids is 1. The van der Waals surface area contributed by atoms with Crippen molar-refractivity contribution in [3.05, 3.63) is 65.5 Å². The summed E-state index contributed by atoms with van der Waals surface area (Å²) in [5.41, 5.74) is 2.63. The van der Waals surface area contributed by atoms with E-state index >= 15 is 0 Å². The highest BCUT2D eigenvalue weighted by Gasteiger charge is 2.14. The van der Waals surface area contributed by atoms with Crippen LogP contribution in [0.25, 0.3) is 0 Å². The van der Waals surface area contributed by atoms with Gasteiger partial charge in [-0.05, 0) is 42.7 Å². The molecular formula is C18H22N2O2. The lowest BCUT2D eigenvalue weighted by Crippen LogP contribution is -2.31. The summed E-state index contributed by atoms with van der Waals surface area (Å²) in [5.74, 6) is -0.888. The Labute approximate surface area is 131 Å². The van der Waals surface area contributed by atoms with E-state index in [1.165, 1.54) is 5.56 Å². The van der Waals surface area contributed by atoms with Gasteiger partial charge in [-0.2, -0.15) is 0 Å². The van der Waals surface area contributed by atoms with Crippen LogP contribution < -0.4 is 0 Å². The van der Waals surface area contributed by atoms with Gasteiger partial charge in [0, 0.05) is 31.5 Å². The number of hydrogen-bond acceptors (Lipinski definition) is 3. The number of nitrogens with zero attached hydrogens (tertiary/aromatic N) is 2. The molecular weight excluding hydrogens is 276 g/mol. The minimum Gasteiger partial charge on any atom is -0.478 e. The van der Waals surface area contributed by atoms with Gasteiger partial charge in [0.1, 0.15) is 0 Å². The maximum Gasteiger partial charge on any atom is 0.335 e. The predicted octanol–water partition coefficient (Wildman–Crippen LogP) is 3.58. The fraction of sp³-hybridized carbons (Fsp3) is 0.333. The van der Waals surface area contributed by atoms with Crippen molar-refractivity contribution in [2.24, 2.45) is 0 Å². The van der Waals surface area contributed by atoms with Gasteiger partial charge in [0.15, 0.2) is 0 Å². The van der Waals surface area contributed by atoms with E-state index in [4.69, 9.17) is 5.11 Å². The minimum atomic E-state index is -0.888. The highest BCUT2D eigenvalue weighted by Crippen LogP contribution is 2.15. The van der Waals surface area contributed by atoms with Gasteiger partial charge in [-0.25, -0.2) is 4.79 Å². The zero-order chi connectivity index (χ0) is 15.9. The topological polar surface area (TPSA) is 53.4 Å². The molecule has 0 saturated heterocycles. The molecule has 0 saturated carbocycles. The minimum absolute atomic E-state index is 0.325. The van der Waals surface area contributed by atoms with Crippen LogP contribution in [-0.2, 0) is 13.1 Å². The molecule has 1 aromatic heterocycles. The molecule has 0 spiro atoms. The Hall–Kier alpha value is -2.20. The maximum absolute atomic E-state index is 10.9. The average molecular weight is 298 g/mol. The van der Waals surface area contributed by atoms with Crippen molar-refractivity contribution in [1.82, 2.24) is 9.88 Å². The number of rotatable bonds is 7. The number of carbonyl (C=O) groups is 1. The summed E-state index contributed by atoms with van der Waals surface area (Å²) in [7, 11) is 0. The molecule has 22 heavy (non-hydrogen) atoms. The zero-order valence-corrected chi connectivity index (χ0v) is 13.1. The Bertz CT molecular complexity index is 596. The molecule has 0 amide bonds. The van der Waals surface area contributed by atoms with Crippen LogP contribution in [0.2, 0.25) is 0 Å². The molecule has 116 valence electrons. The third kappa shape index (κ3) is 4.40. The van der Waals surface area contributed by atoms with Crippen LogP contribution in [0.15, 0.2) is 48.8 Å². The molecule has 1 unspecified atom stereocenters. The van der Waals surface area contributed by atoms with E-state index < -0.39 is 5.97 Å². The van der Waals surface area contributed by atoms with Gasteiger partial charge in [0.25, 0.3) is 0 Å². The van der Waals surface area contributed by atoms with Crippen LogP contribution in [-0.4, -0.2) is 27.0 Å². The summed E-state index contributed by atoms with van der Waals surface area (Å²) < 4.78 is 0. The SMILES string of the molecule is CCC(C)N(Cc1ccc(C(=O)O)cc1)Cc1cccnc1. The van der Waals surface area contributed by atoms with E-state index in [9.17, 15) is 4.79 Å². The Morgan fingerprint density at radius 3 is 2.41 bits per heavy atom. The molecule has 0 fully saturated rings. The third-order valence-electron chi connectivity index (χ3n) is 3.91. The summed E-state index contributed by atoms with van der Waals surface area (Å²) >= 11 is 0. The van der Waals surface area contributed by atoms with Gasteiger partial charge in [0.05, 0.1) is 5.56 Å². The third-order valence-corrected chi connectivity index (χ3v) is 3.91. The molecule has 4 nitrogen and oxygen atoms in total. The first kappa shape index (κ1) is 16.2. The zero-order valence-electron chi connectivity index (χ0n) is 13.1. The second-order valence-electron chi connectivity index (χ2n) is 5.53. The van der Waals surface area contributed by atoms with Crippen LogP contribution in [0, 0.1) is 0 Å². The average Bonchev–Trinajstić information content (AvgIpc) is 2.55. The van der Waals surface area contributed by atoms with Crippen molar-refractivity contribution in [2.75, 3.05) is 0 Å². The van der Waals surface area contributed by atoms with E-state index in [1.54, 1.807) is 18.3 Å². The predicted molar refractivity (Wildman–Crippen MR) is 86.6 cm³/mol. The van der Waals surface area contributed by atoms with E-state index in [-0.39, 0.29) is 0 Å².